The third-order valence-corrected chi connectivity index (χ3v) is 3.23. The van der Waals surface area contributed by atoms with Gasteiger partial charge in [0.15, 0.2) is 5.89 Å². The molecule has 0 radical (unpaired) electrons. The molecule has 1 aromatic rings. The molecule has 0 unspecified atom stereocenters. The minimum atomic E-state index is -0.383. The minimum absolute atomic E-state index is 0.312. The summed E-state index contributed by atoms with van der Waals surface area (Å²) in [7, 11) is 0. The molecule has 0 aliphatic heterocycles. The van der Waals surface area contributed by atoms with Crippen LogP contribution in [0.3, 0.4) is 0 Å². The summed E-state index contributed by atoms with van der Waals surface area (Å²) in [4.78, 5) is 16.3. The van der Waals surface area contributed by atoms with E-state index in [0.717, 1.165) is 30.8 Å². The Morgan fingerprint density at radius 1 is 1.50 bits per heavy atom. The average molecular weight is 251 g/mol. The Bertz CT molecular complexity index is 419. The summed E-state index contributed by atoms with van der Waals surface area (Å²) in [6.45, 7) is 6.36. The highest BCUT2D eigenvalue weighted by molar-refractivity contribution is 5.87. The van der Waals surface area contributed by atoms with Gasteiger partial charge < -0.3 is 9.15 Å². The maximum absolute atomic E-state index is 11.8. The van der Waals surface area contributed by atoms with Crippen molar-refractivity contribution in [3.05, 3.63) is 17.3 Å². The zero-order valence-corrected chi connectivity index (χ0v) is 11.4. The molecule has 1 aromatic heterocycles. The van der Waals surface area contributed by atoms with Crippen molar-refractivity contribution < 1.29 is 13.9 Å². The normalized spacial score (nSPS) is 15.8. The topological polar surface area (TPSA) is 52.3 Å². The van der Waals surface area contributed by atoms with E-state index in [9.17, 15) is 4.79 Å². The smallest absolute Gasteiger partial charge is 0.376 e. The highest BCUT2D eigenvalue weighted by Crippen LogP contribution is 2.36. The van der Waals surface area contributed by atoms with Gasteiger partial charge in [0.2, 0.25) is 5.76 Å². The molecule has 0 amide bonds. The van der Waals surface area contributed by atoms with Crippen LogP contribution in [0, 0.1) is 5.92 Å². The van der Waals surface area contributed by atoms with Crippen molar-refractivity contribution in [2.24, 2.45) is 5.92 Å². The van der Waals surface area contributed by atoms with Crippen LogP contribution in [0.25, 0.3) is 0 Å². The second kappa shape index (κ2) is 5.55. The van der Waals surface area contributed by atoms with E-state index in [-0.39, 0.29) is 5.97 Å². The Morgan fingerprint density at radius 3 is 2.72 bits per heavy atom. The molecule has 0 bridgehead atoms. The number of hydrogen-bond acceptors (Lipinski definition) is 4. The Balaban J connectivity index is 2.22. The largest absolute Gasteiger partial charge is 0.460 e. The molecule has 0 N–H and O–H groups in total. The molecule has 0 aromatic carbocycles. The van der Waals surface area contributed by atoms with Crippen LogP contribution < -0.4 is 0 Å². The summed E-state index contributed by atoms with van der Waals surface area (Å²) in [6.07, 6.45) is 4.21. The Labute approximate surface area is 108 Å². The van der Waals surface area contributed by atoms with Crippen molar-refractivity contribution in [2.45, 2.75) is 52.4 Å². The first-order valence-corrected chi connectivity index (χ1v) is 6.78. The molecule has 2 rings (SSSR count). The van der Waals surface area contributed by atoms with Gasteiger partial charge in [0.25, 0.3) is 0 Å². The fraction of sp³-hybridized carbons (Fsp3) is 0.714. The molecule has 0 saturated heterocycles. The lowest BCUT2D eigenvalue weighted by Gasteiger charge is -2.21. The van der Waals surface area contributed by atoms with Gasteiger partial charge in [-0.3, -0.25) is 0 Å². The molecular formula is C14H21NO3. The first-order chi connectivity index (χ1) is 8.61. The van der Waals surface area contributed by atoms with E-state index in [1.54, 1.807) is 6.92 Å². The maximum atomic E-state index is 11.8. The lowest BCUT2D eigenvalue weighted by molar-refractivity contribution is 0.0484. The van der Waals surface area contributed by atoms with Gasteiger partial charge in [-0.15, -0.1) is 0 Å². The van der Waals surface area contributed by atoms with E-state index in [1.165, 1.54) is 6.42 Å². The van der Waals surface area contributed by atoms with Gasteiger partial charge >= 0.3 is 5.97 Å². The number of oxazole rings is 1. The Hall–Kier alpha value is -1.32. The monoisotopic (exact) mass is 251 g/mol. The van der Waals surface area contributed by atoms with E-state index in [1.807, 2.05) is 0 Å². The predicted octanol–water partition coefficient (Wildman–Crippen LogP) is 3.32. The van der Waals surface area contributed by atoms with Crippen molar-refractivity contribution >= 4 is 5.97 Å². The molecule has 1 saturated carbocycles. The van der Waals surface area contributed by atoms with Crippen molar-refractivity contribution in [2.75, 3.05) is 6.61 Å². The first kappa shape index (κ1) is 13.1. The molecule has 0 atom stereocenters. The summed E-state index contributed by atoms with van der Waals surface area (Å²) in [5.74, 6) is 1.50. The molecule has 1 fully saturated rings. The lowest BCUT2D eigenvalue weighted by atomic mass is 9.85. The van der Waals surface area contributed by atoms with E-state index in [2.05, 4.69) is 18.8 Å². The van der Waals surface area contributed by atoms with Gasteiger partial charge in [-0.1, -0.05) is 20.3 Å². The van der Waals surface area contributed by atoms with Crippen molar-refractivity contribution in [1.29, 1.82) is 0 Å². The molecule has 100 valence electrons. The van der Waals surface area contributed by atoms with Crippen LogP contribution in [-0.2, 0) is 11.2 Å². The van der Waals surface area contributed by atoms with Crippen LogP contribution in [0.4, 0.5) is 0 Å². The summed E-state index contributed by atoms with van der Waals surface area (Å²) >= 11 is 0. The van der Waals surface area contributed by atoms with Crippen molar-refractivity contribution in [3.63, 3.8) is 0 Å². The van der Waals surface area contributed by atoms with Crippen LogP contribution in [-0.4, -0.2) is 17.6 Å². The number of ether oxygens (including phenoxy) is 1. The van der Waals surface area contributed by atoms with Crippen LogP contribution in [0.15, 0.2) is 4.42 Å². The lowest BCUT2D eigenvalue weighted by Crippen LogP contribution is -2.09. The predicted molar refractivity (Wildman–Crippen MR) is 67.6 cm³/mol. The summed E-state index contributed by atoms with van der Waals surface area (Å²) in [5.41, 5.74) is 0.755. The highest BCUT2D eigenvalue weighted by Gasteiger charge is 2.29. The van der Waals surface area contributed by atoms with Gasteiger partial charge in [0.05, 0.1) is 12.3 Å². The van der Waals surface area contributed by atoms with Gasteiger partial charge in [-0.05, 0) is 32.1 Å². The Kier molecular flexibility index (Phi) is 4.04. The van der Waals surface area contributed by atoms with Crippen LogP contribution >= 0.6 is 0 Å². The summed E-state index contributed by atoms with van der Waals surface area (Å²) < 4.78 is 10.7. The van der Waals surface area contributed by atoms with Crippen molar-refractivity contribution in [3.8, 4) is 0 Å². The molecule has 18 heavy (non-hydrogen) atoms. The number of hydrogen-bond donors (Lipinski definition) is 0. The molecular weight excluding hydrogens is 230 g/mol. The minimum Gasteiger partial charge on any atom is -0.460 e. The highest BCUT2D eigenvalue weighted by atomic mass is 16.5. The fourth-order valence-electron chi connectivity index (χ4n) is 2.08. The number of rotatable bonds is 5. The standard InChI is InChI=1S/C14H21NO3/c1-4-17-14(16)12-11(8-9(2)3)15-13(18-12)10-6-5-7-10/h9-10H,4-8H2,1-3H3. The Morgan fingerprint density at radius 2 is 2.22 bits per heavy atom. The maximum Gasteiger partial charge on any atom is 0.376 e. The van der Waals surface area contributed by atoms with Gasteiger partial charge in [-0.2, -0.15) is 0 Å². The number of aromatic nitrogens is 1. The van der Waals surface area contributed by atoms with Gasteiger partial charge in [0.1, 0.15) is 0 Å². The molecule has 4 nitrogen and oxygen atoms in total. The zero-order valence-electron chi connectivity index (χ0n) is 11.4. The third kappa shape index (κ3) is 2.74. The second-order valence-corrected chi connectivity index (χ2v) is 5.27. The van der Waals surface area contributed by atoms with Crippen LogP contribution in [0.1, 0.15) is 68.1 Å². The molecule has 1 aliphatic carbocycles. The molecule has 1 heterocycles. The molecule has 0 spiro atoms. The number of carbonyl (C=O) groups is 1. The van der Waals surface area contributed by atoms with Gasteiger partial charge in [-0.25, -0.2) is 9.78 Å². The molecule has 4 heteroatoms. The fourth-order valence-corrected chi connectivity index (χ4v) is 2.08. The second-order valence-electron chi connectivity index (χ2n) is 5.27. The van der Waals surface area contributed by atoms with E-state index in [0.29, 0.717) is 24.2 Å². The van der Waals surface area contributed by atoms with E-state index < -0.39 is 0 Å². The van der Waals surface area contributed by atoms with Crippen molar-refractivity contribution in [1.82, 2.24) is 4.98 Å². The summed E-state index contributed by atoms with van der Waals surface area (Å²) in [6, 6.07) is 0. The van der Waals surface area contributed by atoms with Gasteiger partial charge in [0, 0.05) is 5.92 Å². The number of esters is 1. The average Bonchev–Trinajstić information content (AvgIpc) is 2.58. The molecule has 1 aliphatic rings. The first-order valence-electron chi connectivity index (χ1n) is 6.78. The zero-order chi connectivity index (χ0) is 13.1. The number of nitrogens with zero attached hydrogens (tertiary/aromatic N) is 1. The SMILES string of the molecule is CCOC(=O)c1oc(C2CCC2)nc1CC(C)C. The van der Waals surface area contributed by atoms with E-state index in [4.69, 9.17) is 9.15 Å². The van der Waals surface area contributed by atoms with E-state index >= 15 is 0 Å². The quantitative estimate of drug-likeness (QED) is 0.753. The summed E-state index contributed by atoms with van der Waals surface area (Å²) in [5, 5.41) is 0. The van der Waals surface area contributed by atoms with Crippen LogP contribution in [0.5, 0.6) is 0 Å². The van der Waals surface area contributed by atoms with Crippen LogP contribution in [0.2, 0.25) is 0 Å². The number of carbonyl (C=O) groups excluding carboxylic acids is 1. The third-order valence-electron chi connectivity index (χ3n) is 3.23.